The van der Waals surface area contributed by atoms with E-state index in [0.717, 1.165) is 10.6 Å². The average Bonchev–Trinajstić information content (AvgIpc) is 2.78. The van der Waals surface area contributed by atoms with Gasteiger partial charge in [-0.25, -0.2) is 9.37 Å². The Morgan fingerprint density at radius 2 is 2.28 bits per heavy atom. The van der Waals surface area contributed by atoms with Crippen molar-refractivity contribution >= 4 is 17.1 Å². The Balaban J connectivity index is 2.27. The van der Waals surface area contributed by atoms with Gasteiger partial charge in [-0.1, -0.05) is 0 Å². The first kappa shape index (κ1) is 12.7. The van der Waals surface area contributed by atoms with Gasteiger partial charge in [0.15, 0.2) is 5.78 Å². The number of aromatic nitrogens is 1. The van der Waals surface area contributed by atoms with Gasteiger partial charge < -0.3 is 4.74 Å². The molecule has 0 aliphatic heterocycles. The number of carbonyl (C=O) groups is 1. The lowest BCUT2D eigenvalue weighted by molar-refractivity contribution is 0.101. The van der Waals surface area contributed by atoms with Crippen LogP contribution in [0.3, 0.4) is 0 Å². The van der Waals surface area contributed by atoms with Crippen LogP contribution in [0.1, 0.15) is 28.0 Å². The topological polar surface area (TPSA) is 39.2 Å². The molecule has 1 aromatic carbocycles. The Labute approximate surface area is 108 Å². The molecular weight excluding hydrogens is 253 g/mol. The summed E-state index contributed by atoms with van der Waals surface area (Å²) >= 11 is 1.39. The molecule has 0 saturated carbocycles. The van der Waals surface area contributed by atoms with E-state index < -0.39 is 0 Å². The van der Waals surface area contributed by atoms with Crippen LogP contribution in [-0.4, -0.2) is 17.9 Å². The molecule has 0 fully saturated rings. The highest BCUT2D eigenvalue weighted by molar-refractivity contribution is 7.09. The Kier molecular flexibility index (Phi) is 3.72. The van der Waals surface area contributed by atoms with E-state index in [4.69, 9.17) is 4.74 Å². The van der Waals surface area contributed by atoms with Crippen molar-refractivity contribution in [2.45, 2.75) is 13.3 Å². The Morgan fingerprint density at radius 3 is 2.89 bits per heavy atom. The van der Waals surface area contributed by atoms with Crippen molar-refractivity contribution < 1.29 is 13.9 Å². The fraction of sp³-hybridized carbons (Fsp3) is 0.231. The number of ketones is 1. The third-order valence-corrected chi connectivity index (χ3v) is 3.35. The van der Waals surface area contributed by atoms with Crippen molar-refractivity contribution in [3.63, 3.8) is 0 Å². The van der Waals surface area contributed by atoms with Crippen LogP contribution in [-0.2, 0) is 6.42 Å². The Bertz CT molecular complexity index is 580. The van der Waals surface area contributed by atoms with E-state index >= 15 is 0 Å². The summed E-state index contributed by atoms with van der Waals surface area (Å²) in [5.41, 5.74) is 1.17. The summed E-state index contributed by atoms with van der Waals surface area (Å²) in [5, 5.41) is 2.48. The van der Waals surface area contributed by atoms with E-state index in [0.29, 0.717) is 17.9 Å². The molecule has 0 atom stereocenters. The normalized spacial score (nSPS) is 10.4. The standard InChI is InChI=1S/C13H12FNO2S/c1-8(16)11-7-18-13(15-11)6-9-5-10(14)3-4-12(9)17-2/h3-5,7H,6H2,1-2H3. The van der Waals surface area contributed by atoms with Crippen molar-refractivity contribution in [2.75, 3.05) is 7.11 Å². The number of rotatable bonds is 4. The summed E-state index contributed by atoms with van der Waals surface area (Å²) in [7, 11) is 1.54. The molecule has 18 heavy (non-hydrogen) atoms. The van der Waals surface area contributed by atoms with Crippen LogP contribution in [0.2, 0.25) is 0 Å². The molecule has 1 aromatic heterocycles. The molecule has 0 aliphatic carbocycles. The fourth-order valence-electron chi connectivity index (χ4n) is 1.60. The smallest absolute Gasteiger partial charge is 0.178 e. The summed E-state index contributed by atoms with van der Waals surface area (Å²) in [5.74, 6) is 0.244. The van der Waals surface area contributed by atoms with Gasteiger partial charge in [-0.15, -0.1) is 11.3 Å². The lowest BCUT2D eigenvalue weighted by atomic mass is 10.1. The third-order valence-electron chi connectivity index (χ3n) is 2.50. The van der Waals surface area contributed by atoms with E-state index in [1.807, 2.05) is 0 Å². The number of hydrogen-bond acceptors (Lipinski definition) is 4. The molecular formula is C13H12FNO2S. The molecule has 0 spiro atoms. The molecule has 0 saturated heterocycles. The second-order valence-electron chi connectivity index (χ2n) is 3.82. The lowest BCUT2D eigenvalue weighted by Gasteiger charge is -2.06. The molecule has 3 nitrogen and oxygen atoms in total. The molecule has 0 unspecified atom stereocenters. The van der Waals surface area contributed by atoms with Gasteiger partial charge in [0.2, 0.25) is 0 Å². The molecule has 2 rings (SSSR count). The molecule has 0 N–H and O–H groups in total. The summed E-state index contributed by atoms with van der Waals surface area (Å²) < 4.78 is 18.4. The fourth-order valence-corrected chi connectivity index (χ4v) is 2.46. The number of benzene rings is 1. The SMILES string of the molecule is COc1ccc(F)cc1Cc1nc(C(C)=O)cs1. The number of halogens is 1. The summed E-state index contributed by atoms with van der Waals surface area (Å²) in [6.07, 6.45) is 0.457. The van der Waals surface area contributed by atoms with Gasteiger partial charge in [0, 0.05) is 24.3 Å². The maximum atomic E-state index is 13.2. The average molecular weight is 265 g/mol. The summed E-state index contributed by atoms with van der Waals surface area (Å²) in [6, 6.07) is 4.36. The molecule has 0 radical (unpaired) electrons. The van der Waals surface area contributed by atoms with Crippen molar-refractivity contribution in [2.24, 2.45) is 0 Å². The minimum Gasteiger partial charge on any atom is -0.496 e. The summed E-state index contributed by atoms with van der Waals surface area (Å²) in [4.78, 5) is 15.3. The van der Waals surface area contributed by atoms with Gasteiger partial charge in [0.1, 0.15) is 17.3 Å². The van der Waals surface area contributed by atoms with Gasteiger partial charge in [0.25, 0.3) is 0 Å². The van der Waals surface area contributed by atoms with Crippen LogP contribution in [0.15, 0.2) is 23.6 Å². The van der Waals surface area contributed by atoms with Gasteiger partial charge in [-0.05, 0) is 18.2 Å². The third kappa shape index (κ3) is 2.73. The number of ether oxygens (including phenoxy) is 1. The van der Waals surface area contributed by atoms with Gasteiger partial charge >= 0.3 is 0 Å². The Morgan fingerprint density at radius 1 is 1.50 bits per heavy atom. The number of nitrogens with zero attached hydrogens (tertiary/aromatic N) is 1. The highest BCUT2D eigenvalue weighted by atomic mass is 32.1. The minimum absolute atomic E-state index is 0.0660. The monoisotopic (exact) mass is 265 g/mol. The largest absolute Gasteiger partial charge is 0.496 e. The van der Waals surface area contributed by atoms with Crippen molar-refractivity contribution in [1.29, 1.82) is 0 Å². The first-order valence-electron chi connectivity index (χ1n) is 5.38. The van der Waals surface area contributed by atoms with Crippen LogP contribution in [0, 0.1) is 5.82 Å². The van der Waals surface area contributed by atoms with Crippen molar-refractivity contribution in [3.8, 4) is 5.75 Å². The Hall–Kier alpha value is -1.75. The first-order valence-corrected chi connectivity index (χ1v) is 6.26. The molecule has 94 valence electrons. The zero-order chi connectivity index (χ0) is 13.1. The highest BCUT2D eigenvalue weighted by Crippen LogP contribution is 2.24. The van der Waals surface area contributed by atoms with Crippen LogP contribution in [0.5, 0.6) is 5.75 Å². The second-order valence-corrected chi connectivity index (χ2v) is 4.76. The predicted octanol–water partition coefficient (Wildman–Crippen LogP) is 3.08. The lowest BCUT2D eigenvalue weighted by Crippen LogP contribution is -1.96. The van der Waals surface area contributed by atoms with E-state index in [1.165, 1.54) is 30.4 Å². The highest BCUT2D eigenvalue weighted by Gasteiger charge is 2.10. The van der Waals surface area contributed by atoms with E-state index in [1.54, 1.807) is 18.6 Å². The van der Waals surface area contributed by atoms with Crippen molar-refractivity contribution in [3.05, 3.63) is 45.7 Å². The van der Waals surface area contributed by atoms with Crippen LogP contribution in [0.4, 0.5) is 4.39 Å². The molecule has 2 aromatic rings. The van der Waals surface area contributed by atoms with Crippen LogP contribution in [0.25, 0.3) is 0 Å². The molecule has 1 heterocycles. The van der Waals surface area contributed by atoms with E-state index in [-0.39, 0.29) is 11.6 Å². The quantitative estimate of drug-likeness (QED) is 0.797. The minimum atomic E-state index is -0.311. The first-order chi connectivity index (χ1) is 8.60. The van der Waals surface area contributed by atoms with Gasteiger partial charge in [-0.2, -0.15) is 0 Å². The van der Waals surface area contributed by atoms with Gasteiger partial charge in [-0.3, -0.25) is 4.79 Å². The maximum Gasteiger partial charge on any atom is 0.178 e. The number of hydrogen-bond donors (Lipinski definition) is 0. The maximum absolute atomic E-state index is 13.2. The van der Waals surface area contributed by atoms with E-state index in [9.17, 15) is 9.18 Å². The number of methoxy groups -OCH3 is 1. The number of thiazole rings is 1. The van der Waals surface area contributed by atoms with E-state index in [2.05, 4.69) is 4.98 Å². The van der Waals surface area contributed by atoms with Gasteiger partial charge in [0.05, 0.1) is 12.1 Å². The predicted molar refractivity (Wildman–Crippen MR) is 67.9 cm³/mol. The summed E-state index contributed by atoms with van der Waals surface area (Å²) in [6.45, 7) is 1.47. The zero-order valence-corrected chi connectivity index (χ0v) is 10.9. The van der Waals surface area contributed by atoms with Crippen LogP contribution < -0.4 is 4.74 Å². The number of Topliss-reactive ketones (excluding diaryl/α,β-unsaturated/α-hetero) is 1. The zero-order valence-electron chi connectivity index (χ0n) is 10.1. The number of carbonyl (C=O) groups excluding carboxylic acids is 1. The van der Waals surface area contributed by atoms with Crippen LogP contribution >= 0.6 is 11.3 Å². The van der Waals surface area contributed by atoms with Crippen molar-refractivity contribution in [1.82, 2.24) is 4.98 Å². The molecule has 0 amide bonds. The molecule has 0 aliphatic rings. The molecule has 5 heteroatoms. The second kappa shape index (κ2) is 5.27. The molecule has 0 bridgehead atoms.